The van der Waals surface area contributed by atoms with Gasteiger partial charge in [-0.15, -0.1) is 24.0 Å². The van der Waals surface area contributed by atoms with Crippen molar-refractivity contribution in [3.8, 4) is 0 Å². The van der Waals surface area contributed by atoms with E-state index in [9.17, 15) is 0 Å². The lowest BCUT2D eigenvalue weighted by Gasteiger charge is -2.52. The minimum Gasteiger partial charge on any atom is -0.378 e. The number of nitrogens with one attached hydrogen (secondary N) is 2. The third-order valence-electron chi connectivity index (χ3n) is 7.21. The first-order valence-corrected chi connectivity index (χ1v) is 10.8. The van der Waals surface area contributed by atoms with E-state index in [2.05, 4.69) is 48.3 Å². The molecular weight excluding hydrogens is 451 g/mol. The largest absolute Gasteiger partial charge is 0.378 e. The van der Waals surface area contributed by atoms with Gasteiger partial charge < -0.3 is 20.3 Å². The van der Waals surface area contributed by atoms with Gasteiger partial charge in [0.15, 0.2) is 5.96 Å². The zero-order valence-electron chi connectivity index (χ0n) is 18.0. The summed E-state index contributed by atoms with van der Waals surface area (Å²) in [5, 5.41) is 7.41. The highest BCUT2D eigenvalue weighted by Gasteiger charge is 2.49. The van der Waals surface area contributed by atoms with Crippen LogP contribution in [0, 0.1) is 5.41 Å². The molecule has 158 valence electrons. The van der Waals surface area contributed by atoms with E-state index in [4.69, 9.17) is 4.74 Å². The summed E-state index contributed by atoms with van der Waals surface area (Å²) in [5.41, 5.74) is 0.161. The Morgan fingerprint density at radius 2 is 1.81 bits per heavy atom. The van der Waals surface area contributed by atoms with Crippen molar-refractivity contribution in [1.82, 2.24) is 15.5 Å². The summed E-state index contributed by atoms with van der Waals surface area (Å²) in [6.45, 7) is 7.74. The van der Waals surface area contributed by atoms with Crippen LogP contribution >= 0.6 is 24.0 Å². The summed E-state index contributed by atoms with van der Waals surface area (Å²) in [6.07, 6.45) is 10.4. The smallest absolute Gasteiger partial charge is 0.191 e. The lowest BCUT2D eigenvalue weighted by molar-refractivity contribution is -0.113. The molecule has 0 radical (unpaired) electrons. The van der Waals surface area contributed by atoms with Crippen LogP contribution in [0.4, 0.5) is 0 Å². The van der Waals surface area contributed by atoms with E-state index < -0.39 is 0 Å². The summed E-state index contributed by atoms with van der Waals surface area (Å²) < 4.78 is 6.09. The fourth-order valence-electron chi connectivity index (χ4n) is 5.05. The predicted molar refractivity (Wildman–Crippen MR) is 124 cm³/mol. The number of hydrogen-bond acceptors (Lipinski definition) is 3. The highest BCUT2D eigenvalue weighted by Crippen LogP contribution is 2.43. The summed E-state index contributed by atoms with van der Waals surface area (Å²) in [4.78, 5) is 7.14. The Labute approximate surface area is 183 Å². The molecule has 4 atom stereocenters. The third-order valence-corrected chi connectivity index (χ3v) is 7.21. The molecule has 1 aliphatic carbocycles. The van der Waals surface area contributed by atoms with E-state index in [0.29, 0.717) is 18.2 Å². The second-order valence-electron chi connectivity index (χ2n) is 9.26. The Kier molecular flexibility index (Phi) is 8.68. The van der Waals surface area contributed by atoms with Crippen LogP contribution in [-0.4, -0.2) is 61.8 Å². The highest BCUT2D eigenvalue weighted by atomic mass is 127. The molecule has 3 rings (SSSR count). The van der Waals surface area contributed by atoms with Crippen LogP contribution in [0.15, 0.2) is 4.99 Å². The van der Waals surface area contributed by atoms with Crippen LogP contribution in [0.25, 0.3) is 0 Å². The van der Waals surface area contributed by atoms with Crippen molar-refractivity contribution >= 4 is 29.9 Å². The molecule has 2 saturated heterocycles. The number of piperidine rings is 2. The molecule has 0 spiro atoms. The van der Waals surface area contributed by atoms with E-state index in [1.165, 1.54) is 38.5 Å². The number of rotatable bonds is 6. The lowest BCUT2D eigenvalue weighted by Crippen LogP contribution is -2.65. The molecule has 0 aromatic rings. The molecule has 6 heteroatoms. The second kappa shape index (κ2) is 10.1. The molecular formula is C21H41IN4O. The summed E-state index contributed by atoms with van der Waals surface area (Å²) >= 11 is 0. The lowest BCUT2D eigenvalue weighted by atomic mass is 9.64. The molecule has 2 heterocycles. The molecule has 3 aliphatic rings. The Hall–Kier alpha value is -0.0800. The zero-order chi connectivity index (χ0) is 18.7. The van der Waals surface area contributed by atoms with Crippen molar-refractivity contribution in [2.24, 2.45) is 10.4 Å². The predicted octanol–water partition coefficient (Wildman–Crippen LogP) is 3.77. The average molecular weight is 492 g/mol. The number of halogens is 1. The molecule has 0 aromatic heterocycles. The Morgan fingerprint density at radius 3 is 2.37 bits per heavy atom. The van der Waals surface area contributed by atoms with Crippen molar-refractivity contribution in [1.29, 1.82) is 0 Å². The highest BCUT2D eigenvalue weighted by molar-refractivity contribution is 14.0. The molecule has 0 amide bonds. The number of ether oxygens (including phenoxy) is 1. The number of hydrogen-bond donors (Lipinski definition) is 2. The van der Waals surface area contributed by atoms with E-state index in [1.807, 2.05) is 7.05 Å². The number of fused-ring (bicyclic) bond motifs is 2. The molecule has 27 heavy (non-hydrogen) atoms. The summed E-state index contributed by atoms with van der Waals surface area (Å²) in [7, 11) is 4.21. The van der Waals surface area contributed by atoms with Gasteiger partial charge in [-0.2, -0.15) is 0 Å². The van der Waals surface area contributed by atoms with Gasteiger partial charge in [0.05, 0.1) is 6.10 Å². The SMILES string of the molecule is CCCCOC1CC(NC(=NC)NC2CC3CCCC(C2)N3C)C1(C)C.I. The molecule has 2 aliphatic heterocycles. The van der Waals surface area contributed by atoms with Gasteiger partial charge in [0.2, 0.25) is 0 Å². The number of guanidine groups is 1. The van der Waals surface area contributed by atoms with Crippen molar-refractivity contribution in [3.05, 3.63) is 0 Å². The minimum atomic E-state index is 0. The van der Waals surface area contributed by atoms with Crippen LogP contribution in [0.5, 0.6) is 0 Å². The number of aliphatic imine (C=N–C) groups is 1. The van der Waals surface area contributed by atoms with E-state index >= 15 is 0 Å². The second-order valence-corrected chi connectivity index (χ2v) is 9.26. The van der Waals surface area contributed by atoms with Gasteiger partial charge in [-0.1, -0.05) is 33.6 Å². The third kappa shape index (κ3) is 5.30. The van der Waals surface area contributed by atoms with Crippen LogP contribution in [0.2, 0.25) is 0 Å². The topological polar surface area (TPSA) is 48.9 Å². The summed E-state index contributed by atoms with van der Waals surface area (Å²) in [6, 6.07) is 2.47. The van der Waals surface area contributed by atoms with Crippen molar-refractivity contribution < 1.29 is 4.74 Å². The van der Waals surface area contributed by atoms with Crippen molar-refractivity contribution in [3.63, 3.8) is 0 Å². The molecule has 2 N–H and O–H groups in total. The fourth-order valence-corrected chi connectivity index (χ4v) is 5.05. The minimum absolute atomic E-state index is 0. The van der Waals surface area contributed by atoms with Crippen LogP contribution in [0.3, 0.4) is 0 Å². The van der Waals surface area contributed by atoms with Gasteiger partial charge in [-0.3, -0.25) is 4.99 Å². The number of unbranched alkanes of at least 4 members (excludes halogenated alkanes) is 1. The quantitative estimate of drug-likeness (QED) is 0.257. The first-order chi connectivity index (χ1) is 12.5. The first kappa shape index (κ1) is 23.2. The van der Waals surface area contributed by atoms with Crippen molar-refractivity contribution in [2.45, 2.75) is 102 Å². The average Bonchev–Trinajstić information content (AvgIpc) is 2.60. The van der Waals surface area contributed by atoms with Crippen LogP contribution < -0.4 is 10.6 Å². The maximum atomic E-state index is 6.09. The first-order valence-electron chi connectivity index (χ1n) is 10.8. The normalized spacial score (nSPS) is 35.7. The maximum Gasteiger partial charge on any atom is 0.191 e. The van der Waals surface area contributed by atoms with Gasteiger partial charge in [-0.05, 0) is 45.6 Å². The Morgan fingerprint density at radius 1 is 1.15 bits per heavy atom. The Balaban J connectivity index is 0.00000261. The Bertz CT molecular complexity index is 485. The molecule has 4 unspecified atom stereocenters. The van der Waals surface area contributed by atoms with E-state index in [0.717, 1.165) is 37.5 Å². The molecule has 3 fully saturated rings. The maximum absolute atomic E-state index is 6.09. The standard InChI is InChI=1S/C21H40N4O.HI/c1-6-7-11-26-19-14-18(21(19,2)3)24-20(22-4)23-15-12-16-9-8-10-17(13-15)25(16)5;/h15-19H,6-14H2,1-5H3,(H2,22,23,24);1H. The van der Waals surface area contributed by atoms with Crippen molar-refractivity contribution in [2.75, 3.05) is 20.7 Å². The summed E-state index contributed by atoms with van der Waals surface area (Å²) in [5.74, 6) is 0.975. The van der Waals surface area contributed by atoms with Gasteiger partial charge in [0.1, 0.15) is 0 Å². The fraction of sp³-hybridized carbons (Fsp3) is 0.952. The molecule has 0 aromatic carbocycles. The van der Waals surface area contributed by atoms with Gasteiger partial charge in [-0.25, -0.2) is 0 Å². The molecule has 1 saturated carbocycles. The number of nitrogens with zero attached hydrogens (tertiary/aromatic N) is 2. The van der Waals surface area contributed by atoms with Gasteiger partial charge in [0, 0.05) is 43.2 Å². The van der Waals surface area contributed by atoms with E-state index in [-0.39, 0.29) is 29.4 Å². The van der Waals surface area contributed by atoms with Crippen LogP contribution in [0.1, 0.15) is 72.1 Å². The monoisotopic (exact) mass is 492 g/mol. The van der Waals surface area contributed by atoms with E-state index in [1.54, 1.807) is 0 Å². The van der Waals surface area contributed by atoms with Gasteiger partial charge in [0.25, 0.3) is 0 Å². The van der Waals surface area contributed by atoms with Crippen LogP contribution in [-0.2, 0) is 4.74 Å². The zero-order valence-corrected chi connectivity index (χ0v) is 20.3. The van der Waals surface area contributed by atoms with Gasteiger partial charge >= 0.3 is 0 Å². The molecule has 2 bridgehead atoms. The molecule has 5 nitrogen and oxygen atoms in total.